The van der Waals surface area contributed by atoms with Gasteiger partial charge in [0.05, 0.1) is 5.69 Å². The van der Waals surface area contributed by atoms with Crippen molar-refractivity contribution in [3.63, 3.8) is 0 Å². The van der Waals surface area contributed by atoms with Crippen molar-refractivity contribution in [1.29, 1.82) is 0 Å². The van der Waals surface area contributed by atoms with Gasteiger partial charge in [0.2, 0.25) is 5.91 Å². The van der Waals surface area contributed by atoms with Crippen molar-refractivity contribution < 1.29 is 9.59 Å². The molecule has 1 aromatic carbocycles. The predicted octanol–water partition coefficient (Wildman–Crippen LogP) is 2.76. The number of nitrogens with zero attached hydrogens (tertiary/aromatic N) is 2. The number of nitrogens with one attached hydrogen (secondary N) is 1. The Labute approximate surface area is 140 Å². The van der Waals surface area contributed by atoms with E-state index in [9.17, 15) is 9.59 Å². The van der Waals surface area contributed by atoms with Crippen molar-refractivity contribution in [3.05, 3.63) is 64.0 Å². The molecule has 23 heavy (non-hydrogen) atoms. The zero-order valence-corrected chi connectivity index (χ0v) is 13.8. The predicted molar refractivity (Wildman–Crippen MR) is 90.5 cm³/mol. The van der Waals surface area contributed by atoms with Crippen LogP contribution in [0.15, 0.2) is 47.1 Å². The van der Waals surface area contributed by atoms with E-state index in [1.54, 1.807) is 41.8 Å². The number of carbonyl (C=O) groups is 2. The van der Waals surface area contributed by atoms with Gasteiger partial charge in [-0.25, -0.2) is 4.98 Å². The van der Waals surface area contributed by atoms with E-state index in [4.69, 9.17) is 5.73 Å². The number of hydrogen-bond donors (Lipinski definition) is 2. The number of carbonyl (C=O) groups excluding carboxylic acids is 2. The Morgan fingerprint density at radius 2 is 1.87 bits per heavy atom. The molecule has 0 atom stereocenters. The average molecular weight is 373 g/mol. The maximum absolute atomic E-state index is 12.6. The molecule has 3 rings (SSSR count). The molecule has 0 aliphatic carbocycles. The fraction of sp³-hybridized carbons (Fsp3) is 0.0625. The molecule has 116 valence electrons. The second-order valence-electron chi connectivity index (χ2n) is 5.02. The molecule has 7 heteroatoms. The lowest BCUT2D eigenvalue weighted by Gasteiger charge is -2.07. The maximum atomic E-state index is 12.6. The van der Waals surface area contributed by atoms with Gasteiger partial charge in [-0.2, -0.15) is 0 Å². The second kappa shape index (κ2) is 5.85. The third-order valence-corrected chi connectivity index (χ3v) is 3.87. The third-order valence-electron chi connectivity index (χ3n) is 3.40. The Morgan fingerprint density at radius 3 is 2.52 bits per heavy atom. The molecule has 0 bridgehead atoms. The summed E-state index contributed by atoms with van der Waals surface area (Å²) >= 11 is 3.39. The summed E-state index contributed by atoms with van der Waals surface area (Å²) in [5, 5.41) is 2.80. The number of aromatic nitrogens is 2. The molecule has 0 aliphatic rings. The molecule has 0 radical (unpaired) electrons. The van der Waals surface area contributed by atoms with Crippen LogP contribution < -0.4 is 11.1 Å². The van der Waals surface area contributed by atoms with E-state index in [2.05, 4.69) is 26.2 Å². The highest BCUT2D eigenvalue weighted by molar-refractivity contribution is 9.10. The Balaban J connectivity index is 1.93. The number of hydrogen-bond acceptors (Lipinski definition) is 3. The van der Waals surface area contributed by atoms with Gasteiger partial charge in [-0.15, -0.1) is 0 Å². The number of imidazole rings is 1. The minimum atomic E-state index is -0.509. The Hall–Kier alpha value is -2.67. The molecule has 0 fully saturated rings. The van der Waals surface area contributed by atoms with Gasteiger partial charge in [0, 0.05) is 21.9 Å². The molecule has 0 unspecified atom stereocenters. The first-order chi connectivity index (χ1) is 11.0. The smallest absolute Gasteiger partial charge is 0.274 e. The minimum Gasteiger partial charge on any atom is -0.366 e. The zero-order chi connectivity index (χ0) is 16.6. The molecule has 0 saturated carbocycles. The van der Waals surface area contributed by atoms with Gasteiger partial charge in [0.25, 0.3) is 5.91 Å². The molecular weight excluding hydrogens is 360 g/mol. The highest BCUT2D eigenvalue weighted by atomic mass is 79.9. The van der Waals surface area contributed by atoms with Crippen molar-refractivity contribution in [2.75, 3.05) is 5.32 Å². The summed E-state index contributed by atoms with van der Waals surface area (Å²) in [5.41, 5.74) is 7.94. The minimum absolute atomic E-state index is 0.278. The van der Waals surface area contributed by atoms with Gasteiger partial charge in [0.15, 0.2) is 0 Å². The quantitative estimate of drug-likeness (QED) is 0.740. The summed E-state index contributed by atoms with van der Waals surface area (Å²) in [7, 11) is 0. The van der Waals surface area contributed by atoms with E-state index in [-0.39, 0.29) is 5.91 Å². The monoisotopic (exact) mass is 372 g/mol. The van der Waals surface area contributed by atoms with E-state index in [1.165, 1.54) is 0 Å². The number of pyridine rings is 1. The van der Waals surface area contributed by atoms with E-state index < -0.39 is 5.91 Å². The number of aryl methyl sites for hydroxylation is 1. The third kappa shape index (κ3) is 2.95. The molecule has 2 heterocycles. The lowest BCUT2D eigenvalue weighted by molar-refractivity contribution is 0.0997. The van der Waals surface area contributed by atoms with Gasteiger partial charge in [-0.05, 0) is 59.3 Å². The van der Waals surface area contributed by atoms with Crippen LogP contribution in [0.2, 0.25) is 0 Å². The van der Waals surface area contributed by atoms with Crippen LogP contribution in [0.5, 0.6) is 0 Å². The van der Waals surface area contributed by atoms with E-state index in [0.29, 0.717) is 28.3 Å². The van der Waals surface area contributed by atoms with Crippen molar-refractivity contribution in [1.82, 2.24) is 9.38 Å². The summed E-state index contributed by atoms with van der Waals surface area (Å²) in [4.78, 5) is 28.0. The number of halogens is 1. The first kappa shape index (κ1) is 15.2. The van der Waals surface area contributed by atoms with Crippen LogP contribution in [0.1, 0.15) is 26.5 Å². The Morgan fingerprint density at radius 1 is 1.17 bits per heavy atom. The summed E-state index contributed by atoms with van der Waals surface area (Å²) in [6, 6.07) is 10.1. The average Bonchev–Trinajstić information content (AvgIpc) is 2.83. The first-order valence-electron chi connectivity index (χ1n) is 6.81. The number of amides is 2. The standard InChI is InChI=1S/C16H13BrN4O2/c1-9-14(21-8-11(17)4-7-13(21)19-9)16(23)20-12-5-2-10(3-6-12)15(18)22/h2-8H,1H3,(H2,18,22)(H,20,23). The number of primary amides is 1. The summed E-state index contributed by atoms with van der Waals surface area (Å²) in [5.74, 6) is -0.787. The molecule has 2 amide bonds. The first-order valence-corrected chi connectivity index (χ1v) is 7.60. The van der Waals surface area contributed by atoms with Crippen LogP contribution in [0, 0.1) is 6.92 Å². The second-order valence-corrected chi connectivity index (χ2v) is 5.93. The van der Waals surface area contributed by atoms with Gasteiger partial charge >= 0.3 is 0 Å². The van der Waals surface area contributed by atoms with E-state index in [0.717, 1.165) is 4.47 Å². The molecule has 6 nitrogen and oxygen atoms in total. The SMILES string of the molecule is Cc1nc2ccc(Br)cn2c1C(=O)Nc1ccc(C(N)=O)cc1. The topological polar surface area (TPSA) is 89.5 Å². The molecular formula is C16H13BrN4O2. The highest BCUT2D eigenvalue weighted by Crippen LogP contribution is 2.18. The van der Waals surface area contributed by atoms with Crippen molar-refractivity contribution in [2.45, 2.75) is 6.92 Å². The van der Waals surface area contributed by atoms with Crippen LogP contribution in [0.25, 0.3) is 5.65 Å². The number of rotatable bonds is 3. The fourth-order valence-electron chi connectivity index (χ4n) is 2.32. The van der Waals surface area contributed by atoms with Crippen LogP contribution in [0.3, 0.4) is 0 Å². The molecule has 2 aromatic heterocycles. The Bertz CT molecular complexity index is 916. The van der Waals surface area contributed by atoms with Gasteiger partial charge in [-0.3, -0.25) is 14.0 Å². The molecule has 3 N–H and O–H groups in total. The Kier molecular flexibility index (Phi) is 3.87. The van der Waals surface area contributed by atoms with Crippen LogP contribution in [0.4, 0.5) is 5.69 Å². The summed E-state index contributed by atoms with van der Waals surface area (Å²) in [6.45, 7) is 1.78. The van der Waals surface area contributed by atoms with Crippen molar-refractivity contribution >= 4 is 39.1 Å². The molecule has 3 aromatic rings. The lowest BCUT2D eigenvalue weighted by Crippen LogP contribution is -2.16. The zero-order valence-electron chi connectivity index (χ0n) is 12.2. The summed E-state index contributed by atoms with van der Waals surface area (Å²) < 4.78 is 2.58. The van der Waals surface area contributed by atoms with Gasteiger partial charge in [0.1, 0.15) is 11.3 Å². The van der Waals surface area contributed by atoms with Crippen LogP contribution in [-0.2, 0) is 0 Å². The number of benzene rings is 1. The van der Waals surface area contributed by atoms with Crippen molar-refractivity contribution in [2.24, 2.45) is 5.73 Å². The van der Waals surface area contributed by atoms with Gasteiger partial charge < -0.3 is 11.1 Å². The number of nitrogens with two attached hydrogens (primary N) is 1. The van der Waals surface area contributed by atoms with Crippen molar-refractivity contribution in [3.8, 4) is 0 Å². The van der Waals surface area contributed by atoms with E-state index >= 15 is 0 Å². The number of fused-ring (bicyclic) bond motifs is 1. The van der Waals surface area contributed by atoms with Gasteiger partial charge in [-0.1, -0.05) is 0 Å². The number of anilines is 1. The lowest BCUT2D eigenvalue weighted by atomic mass is 10.2. The van der Waals surface area contributed by atoms with Crippen LogP contribution >= 0.6 is 15.9 Å². The largest absolute Gasteiger partial charge is 0.366 e. The highest BCUT2D eigenvalue weighted by Gasteiger charge is 2.17. The molecule has 0 spiro atoms. The fourth-order valence-corrected chi connectivity index (χ4v) is 2.66. The normalized spacial score (nSPS) is 10.7. The summed E-state index contributed by atoms with van der Waals surface area (Å²) in [6.07, 6.45) is 1.79. The maximum Gasteiger partial charge on any atom is 0.274 e. The van der Waals surface area contributed by atoms with E-state index in [1.807, 2.05) is 12.1 Å². The van der Waals surface area contributed by atoms with Crippen LogP contribution in [-0.4, -0.2) is 21.2 Å². The molecule has 0 aliphatic heterocycles. The molecule has 0 saturated heterocycles.